The van der Waals surface area contributed by atoms with Gasteiger partial charge in [-0.15, -0.1) is 0 Å². The fourth-order valence-electron chi connectivity index (χ4n) is 1.39. The molecule has 0 saturated heterocycles. The van der Waals surface area contributed by atoms with E-state index >= 15 is 0 Å². The summed E-state index contributed by atoms with van der Waals surface area (Å²) in [6, 6.07) is 5.71. The van der Waals surface area contributed by atoms with Crippen LogP contribution < -0.4 is 0 Å². The van der Waals surface area contributed by atoms with Crippen LogP contribution in [0.2, 0.25) is 0 Å². The van der Waals surface area contributed by atoms with Crippen molar-refractivity contribution in [2.75, 3.05) is 21.2 Å². The minimum atomic E-state index is -0.663. The summed E-state index contributed by atoms with van der Waals surface area (Å²) in [7, 11) is 4.73. The molecule has 0 bridgehead atoms. The standard InChI is InChI=1S/C13H13FN2O2/c1-16(2)8-11(13(17)18-3)9-4-5-10(7-15)12(14)6-9/h4-6,8H,1-3H3/b11-8+. The predicted molar refractivity (Wildman–Crippen MR) is 64.8 cm³/mol. The molecule has 0 fully saturated rings. The lowest BCUT2D eigenvalue weighted by atomic mass is 10.0. The highest BCUT2D eigenvalue weighted by atomic mass is 19.1. The third-order valence-electron chi connectivity index (χ3n) is 2.19. The molecule has 0 radical (unpaired) electrons. The maximum Gasteiger partial charge on any atom is 0.339 e. The lowest BCUT2D eigenvalue weighted by Crippen LogP contribution is -2.10. The molecule has 1 aromatic rings. The Morgan fingerprint density at radius 2 is 2.17 bits per heavy atom. The molecule has 0 aliphatic rings. The summed E-state index contributed by atoms with van der Waals surface area (Å²) in [5.41, 5.74) is 0.533. The zero-order chi connectivity index (χ0) is 13.7. The van der Waals surface area contributed by atoms with E-state index in [1.54, 1.807) is 25.1 Å². The summed E-state index contributed by atoms with van der Waals surface area (Å²) < 4.78 is 18.1. The van der Waals surface area contributed by atoms with Gasteiger partial charge in [0.15, 0.2) is 0 Å². The van der Waals surface area contributed by atoms with Crippen LogP contribution in [0.3, 0.4) is 0 Å². The Labute approximate surface area is 105 Å². The summed E-state index contributed by atoms with van der Waals surface area (Å²) in [5.74, 6) is -1.23. The van der Waals surface area contributed by atoms with Gasteiger partial charge < -0.3 is 9.64 Å². The normalized spacial score (nSPS) is 10.7. The van der Waals surface area contributed by atoms with Crippen molar-refractivity contribution in [2.45, 2.75) is 0 Å². The first-order chi connectivity index (χ1) is 8.49. The number of hydrogen-bond acceptors (Lipinski definition) is 4. The number of hydrogen-bond donors (Lipinski definition) is 0. The number of methoxy groups -OCH3 is 1. The zero-order valence-corrected chi connectivity index (χ0v) is 10.4. The van der Waals surface area contributed by atoms with Crippen molar-refractivity contribution in [1.29, 1.82) is 5.26 Å². The number of rotatable bonds is 3. The number of carbonyl (C=O) groups is 1. The molecule has 0 aliphatic heterocycles. The highest BCUT2D eigenvalue weighted by Crippen LogP contribution is 2.19. The predicted octanol–water partition coefficient (Wildman–Crippen LogP) is 1.77. The Hall–Kier alpha value is -2.35. The Balaban J connectivity index is 3.27. The van der Waals surface area contributed by atoms with E-state index in [0.29, 0.717) is 5.56 Å². The first kappa shape index (κ1) is 13.7. The van der Waals surface area contributed by atoms with E-state index in [1.807, 2.05) is 0 Å². The van der Waals surface area contributed by atoms with Gasteiger partial charge in [-0.05, 0) is 17.7 Å². The molecular formula is C13H13FN2O2. The van der Waals surface area contributed by atoms with Gasteiger partial charge >= 0.3 is 5.97 Å². The van der Waals surface area contributed by atoms with Crippen LogP contribution in [0.1, 0.15) is 11.1 Å². The van der Waals surface area contributed by atoms with E-state index in [-0.39, 0.29) is 11.1 Å². The van der Waals surface area contributed by atoms with E-state index in [2.05, 4.69) is 4.74 Å². The molecule has 4 nitrogen and oxygen atoms in total. The Bertz CT molecular complexity index is 530. The van der Waals surface area contributed by atoms with Crippen LogP contribution in [0.4, 0.5) is 4.39 Å². The molecule has 94 valence electrons. The summed E-state index contributed by atoms with van der Waals surface area (Å²) in [4.78, 5) is 13.3. The fourth-order valence-corrected chi connectivity index (χ4v) is 1.39. The Morgan fingerprint density at radius 3 is 2.61 bits per heavy atom. The number of carbonyl (C=O) groups excluding carboxylic acids is 1. The molecule has 0 saturated carbocycles. The van der Waals surface area contributed by atoms with E-state index in [9.17, 15) is 9.18 Å². The molecule has 0 N–H and O–H groups in total. The van der Waals surface area contributed by atoms with E-state index in [1.165, 1.54) is 25.4 Å². The molecule has 1 rings (SSSR count). The second-order valence-corrected chi connectivity index (χ2v) is 3.80. The van der Waals surface area contributed by atoms with Crippen LogP contribution in [0.15, 0.2) is 24.4 Å². The zero-order valence-electron chi connectivity index (χ0n) is 10.4. The van der Waals surface area contributed by atoms with Gasteiger partial charge in [-0.25, -0.2) is 9.18 Å². The number of esters is 1. The van der Waals surface area contributed by atoms with Gasteiger partial charge in [-0.3, -0.25) is 0 Å². The minimum Gasteiger partial charge on any atom is -0.465 e. The van der Waals surface area contributed by atoms with Crippen LogP contribution in [0, 0.1) is 17.1 Å². The Kier molecular flexibility index (Phi) is 4.44. The van der Waals surface area contributed by atoms with Gasteiger partial charge in [0.05, 0.1) is 18.2 Å². The fraction of sp³-hybridized carbons (Fsp3) is 0.231. The molecule has 0 heterocycles. The maximum atomic E-state index is 13.5. The number of benzene rings is 1. The van der Waals surface area contributed by atoms with Gasteiger partial charge in [0.2, 0.25) is 0 Å². The van der Waals surface area contributed by atoms with E-state index in [0.717, 1.165) is 6.07 Å². The molecule has 0 aromatic heterocycles. The lowest BCUT2D eigenvalue weighted by Gasteiger charge is -2.11. The summed E-state index contributed by atoms with van der Waals surface area (Å²) >= 11 is 0. The molecule has 0 unspecified atom stereocenters. The third-order valence-corrected chi connectivity index (χ3v) is 2.19. The lowest BCUT2D eigenvalue weighted by molar-refractivity contribution is -0.133. The number of halogens is 1. The van der Waals surface area contributed by atoms with Crippen molar-refractivity contribution in [1.82, 2.24) is 4.90 Å². The molecule has 0 atom stereocenters. The first-order valence-corrected chi connectivity index (χ1v) is 5.16. The highest BCUT2D eigenvalue weighted by Gasteiger charge is 2.14. The first-order valence-electron chi connectivity index (χ1n) is 5.16. The van der Waals surface area contributed by atoms with E-state index < -0.39 is 11.8 Å². The largest absolute Gasteiger partial charge is 0.465 e. The van der Waals surface area contributed by atoms with Crippen molar-refractivity contribution in [3.8, 4) is 6.07 Å². The second-order valence-electron chi connectivity index (χ2n) is 3.80. The van der Waals surface area contributed by atoms with Gasteiger partial charge in [0.25, 0.3) is 0 Å². The van der Waals surface area contributed by atoms with Crippen LogP contribution in [-0.2, 0) is 9.53 Å². The molecule has 5 heteroatoms. The van der Waals surface area contributed by atoms with Gasteiger partial charge in [-0.1, -0.05) is 6.07 Å². The summed E-state index contributed by atoms with van der Waals surface area (Å²) in [6.07, 6.45) is 1.53. The van der Waals surface area contributed by atoms with Gasteiger partial charge in [-0.2, -0.15) is 5.26 Å². The molecule has 0 amide bonds. The van der Waals surface area contributed by atoms with E-state index in [4.69, 9.17) is 5.26 Å². The minimum absolute atomic E-state index is 0.0622. The van der Waals surface area contributed by atoms with Crippen LogP contribution >= 0.6 is 0 Å². The van der Waals surface area contributed by atoms with Crippen molar-refractivity contribution < 1.29 is 13.9 Å². The number of nitrogens with zero attached hydrogens (tertiary/aromatic N) is 2. The molecule has 1 aromatic carbocycles. The van der Waals surface area contributed by atoms with Crippen molar-refractivity contribution >= 4 is 11.5 Å². The maximum absolute atomic E-state index is 13.5. The topological polar surface area (TPSA) is 53.3 Å². The van der Waals surface area contributed by atoms with Gasteiger partial charge in [0.1, 0.15) is 11.9 Å². The third kappa shape index (κ3) is 3.08. The highest BCUT2D eigenvalue weighted by molar-refractivity contribution is 6.16. The molecule has 0 aliphatic carbocycles. The quantitative estimate of drug-likeness (QED) is 0.604. The van der Waals surface area contributed by atoms with Crippen molar-refractivity contribution in [3.63, 3.8) is 0 Å². The summed E-state index contributed by atoms with van der Waals surface area (Å²) in [6.45, 7) is 0. The summed E-state index contributed by atoms with van der Waals surface area (Å²) in [5, 5.41) is 8.64. The monoisotopic (exact) mass is 248 g/mol. The number of nitriles is 1. The Morgan fingerprint density at radius 1 is 1.50 bits per heavy atom. The van der Waals surface area contributed by atoms with Crippen LogP contribution in [-0.4, -0.2) is 32.1 Å². The van der Waals surface area contributed by atoms with Gasteiger partial charge in [0, 0.05) is 20.3 Å². The molecule has 0 spiro atoms. The van der Waals surface area contributed by atoms with Crippen molar-refractivity contribution in [2.24, 2.45) is 0 Å². The second kappa shape index (κ2) is 5.82. The average Bonchev–Trinajstić information content (AvgIpc) is 2.34. The molecule has 18 heavy (non-hydrogen) atoms. The van der Waals surface area contributed by atoms with Crippen LogP contribution in [0.25, 0.3) is 5.57 Å². The number of ether oxygens (including phenoxy) is 1. The SMILES string of the molecule is COC(=O)/C(=C/N(C)C)c1ccc(C#N)c(F)c1. The van der Waals surface area contributed by atoms with Crippen molar-refractivity contribution in [3.05, 3.63) is 41.3 Å². The average molecular weight is 248 g/mol. The van der Waals surface area contributed by atoms with Crippen LogP contribution in [0.5, 0.6) is 0 Å². The smallest absolute Gasteiger partial charge is 0.339 e. The molecular weight excluding hydrogens is 235 g/mol.